The predicted octanol–water partition coefficient (Wildman–Crippen LogP) is 6.59. The van der Waals surface area contributed by atoms with Crippen molar-refractivity contribution in [1.82, 2.24) is 0 Å². The SMILES string of the molecule is Cc1ccc(-c2ccc(Cl)cc2)cc1C1C(=O)OC2(CCC(CCC(F)(F)F)CC2)C1O. The molecule has 32 heavy (non-hydrogen) atoms. The second-order valence-electron chi connectivity index (χ2n) is 9.08. The minimum atomic E-state index is -4.16. The molecule has 2 atom stereocenters. The summed E-state index contributed by atoms with van der Waals surface area (Å²) in [6, 6.07) is 13.1. The molecule has 3 nitrogen and oxygen atoms in total. The van der Waals surface area contributed by atoms with E-state index >= 15 is 0 Å². The van der Waals surface area contributed by atoms with Gasteiger partial charge in [0.25, 0.3) is 0 Å². The van der Waals surface area contributed by atoms with Crippen LogP contribution in [0.15, 0.2) is 42.5 Å². The number of benzene rings is 2. The van der Waals surface area contributed by atoms with Gasteiger partial charge in [0.15, 0.2) is 0 Å². The van der Waals surface area contributed by atoms with Crippen molar-refractivity contribution in [3.63, 3.8) is 0 Å². The first kappa shape index (κ1) is 23.1. The molecule has 0 bridgehead atoms. The minimum Gasteiger partial charge on any atom is -0.456 e. The molecule has 1 heterocycles. The Morgan fingerprint density at radius 3 is 2.34 bits per heavy atom. The summed E-state index contributed by atoms with van der Waals surface area (Å²) in [5.74, 6) is -1.35. The quantitative estimate of drug-likeness (QED) is 0.517. The number of ether oxygens (including phenoxy) is 1. The van der Waals surface area contributed by atoms with Gasteiger partial charge >= 0.3 is 12.1 Å². The number of aliphatic hydroxyl groups excluding tert-OH is 1. The van der Waals surface area contributed by atoms with Crippen LogP contribution in [0.1, 0.15) is 55.6 Å². The van der Waals surface area contributed by atoms with Crippen molar-refractivity contribution in [1.29, 1.82) is 0 Å². The van der Waals surface area contributed by atoms with Crippen molar-refractivity contribution >= 4 is 17.6 Å². The van der Waals surface area contributed by atoms with Gasteiger partial charge < -0.3 is 9.84 Å². The molecule has 0 amide bonds. The van der Waals surface area contributed by atoms with Crippen LogP contribution >= 0.6 is 11.6 Å². The summed E-state index contributed by atoms with van der Waals surface area (Å²) in [7, 11) is 0. The van der Waals surface area contributed by atoms with Crippen LogP contribution < -0.4 is 0 Å². The molecule has 2 unspecified atom stereocenters. The molecule has 1 spiro atoms. The van der Waals surface area contributed by atoms with Gasteiger partial charge in [0.2, 0.25) is 0 Å². The molecule has 1 saturated heterocycles. The third-order valence-electron chi connectivity index (χ3n) is 6.99. The zero-order valence-corrected chi connectivity index (χ0v) is 18.5. The number of halogens is 4. The first-order valence-electron chi connectivity index (χ1n) is 10.9. The number of aliphatic hydroxyl groups is 1. The largest absolute Gasteiger partial charge is 0.456 e. The Balaban J connectivity index is 1.53. The van der Waals surface area contributed by atoms with E-state index in [1.807, 2.05) is 37.3 Å². The van der Waals surface area contributed by atoms with E-state index in [4.69, 9.17) is 16.3 Å². The van der Waals surface area contributed by atoms with Crippen molar-refractivity contribution in [2.45, 2.75) is 69.2 Å². The summed E-state index contributed by atoms with van der Waals surface area (Å²) in [5, 5.41) is 11.8. The van der Waals surface area contributed by atoms with Crippen LogP contribution in [0.2, 0.25) is 5.02 Å². The van der Waals surface area contributed by atoms with Crippen molar-refractivity contribution in [2.75, 3.05) is 0 Å². The molecular weight excluding hydrogens is 441 g/mol. The highest BCUT2D eigenvalue weighted by Crippen LogP contribution is 2.49. The number of alkyl halides is 3. The van der Waals surface area contributed by atoms with Gasteiger partial charge in [-0.2, -0.15) is 13.2 Å². The summed E-state index contributed by atoms with van der Waals surface area (Å²) in [6.45, 7) is 1.89. The molecule has 2 aromatic carbocycles. The molecule has 1 aliphatic carbocycles. The molecule has 0 radical (unpaired) electrons. The number of esters is 1. The van der Waals surface area contributed by atoms with Crippen molar-refractivity contribution in [3.8, 4) is 11.1 Å². The number of rotatable bonds is 4. The topological polar surface area (TPSA) is 46.5 Å². The molecule has 0 aromatic heterocycles. The van der Waals surface area contributed by atoms with Gasteiger partial charge in [-0.3, -0.25) is 4.79 Å². The average Bonchev–Trinajstić information content (AvgIpc) is 2.97. The fourth-order valence-electron chi connectivity index (χ4n) is 5.07. The second-order valence-corrected chi connectivity index (χ2v) is 9.52. The molecule has 2 aromatic rings. The highest BCUT2D eigenvalue weighted by atomic mass is 35.5. The number of carbonyl (C=O) groups excluding carboxylic acids is 1. The van der Waals surface area contributed by atoms with E-state index in [9.17, 15) is 23.1 Å². The summed E-state index contributed by atoms with van der Waals surface area (Å²) in [5.41, 5.74) is 2.42. The third kappa shape index (κ3) is 4.67. The maximum absolute atomic E-state index is 12.9. The molecule has 7 heteroatoms. The van der Waals surface area contributed by atoms with Crippen molar-refractivity contribution in [2.24, 2.45) is 5.92 Å². The Kier molecular flexibility index (Phi) is 6.29. The second kappa shape index (κ2) is 8.71. The highest BCUT2D eigenvalue weighted by molar-refractivity contribution is 6.30. The zero-order chi connectivity index (χ0) is 23.1. The summed E-state index contributed by atoms with van der Waals surface area (Å²) < 4.78 is 43.4. The lowest BCUT2D eigenvalue weighted by Crippen LogP contribution is -2.44. The zero-order valence-electron chi connectivity index (χ0n) is 17.8. The number of hydrogen-bond acceptors (Lipinski definition) is 3. The Labute approximate surface area is 190 Å². The molecule has 1 saturated carbocycles. The monoisotopic (exact) mass is 466 g/mol. The van der Waals surface area contributed by atoms with E-state index in [0.717, 1.165) is 16.7 Å². The van der Waals surface area contributed by atoms with Gasteiger partial charge in [0.1, 0.15) is 17.6 Å². The normalized spacial score (nSPS) is 28.2. The molecule has 4 rings (SSSR count). The fraction of sp³-hybridized carbons (Fsp3) is 0.480. The summed E-state index contributed by atoms with van der Waals surface area (Å²) in [6.07, 6.45) is -4.12. The van der Waals surface area contributed by atoms with Crippen molar-refractivity contribution in [3.05, 3.63) is 58.6 Å². The molecule has 172 valence electrons. The van der Waals surface area contributed by atoms with Gasteiger partial charge in [-0.1, -0.05) is 35.9 Å². The van der Waals surface area contributed by atoms with Crippen LogP contribution in [0, 0.1) is 12.8 Å². The summed E-state index contributed by atoms with van der Waals surface area (Å²) in [4.78, 5) is 12.9. The van der Waals surface area contributed by atoms with E-state index in [2.05, 4.69) is 0 Å². The van der Waals surface area contributed by atoms with Gasteiger partial charge in [0, 0.05) is 11.4 Å². The van der Waals surface area contributed by atoms with Gasteiger partial charge in [-0.05, 0) is 85.4 Å². The van der Waals surface area contributed by atoms with Crippen LogP contribution in [-0.4, -0.2) is 29.0 Å². The van der Waals surface area contributed by atoms with Crippen LogP contribution in [0.5, 0.6) is 0 Å². The maximum atomic E-state index is 12.9. The maximum Gasteiger partial charge on any atom is 0.389 e. The van der Waals surface area contributed by atoms with E-state index in [-0.39, 0.29) is 12.3 Å². The average molecular weight is 467 g/mol. The van der Waals surface area contributed by atoms with E-state index in [1.54, 1.807) is 12.1 Å². The van der Waals surface area contributed by atoms with Crippen LogP contribution in [-0.2, 0) is 9.53 Å². The smallest absolute Gasteiger partial charge is 0.389 e. The first-order chi connectivity index (χ1) is 15.1. The van der Waals surface area contributed by atoms with Gasteiger partial charge in [0.05, 0.1) is 0 Å². The highest BCUT2D eigenvalue weighted by Gasteiger charge is 2.56. The van der Waals surface area contributed by atoms with Crippen LogP contribution in [0.4, 0.5) is 13.2 Å². The standard InChI is InChI=1S/C25H26ClF3O3/c1-15-2-3-18(17-4-6-19(26)7-5-17)14-20(15)21-22(30)24(32-23(21)31)11-8-16(9-12-24)10-13-25(27,28)29/h2-7,14,16,21-22,30H,8-13H2,1H3. The van der Waals surface area contributed by atoms with Gasteiger partial charge in [-0.15, -0.1) is 0 Å². The molecule has 1 N–H and O–H groups in total. The molecule has 2 fully saturated rings. The molecule has 2 aliphatic rings. The number of carbonyl (C=O) groups is 1. The third-order valence-corrected chi connectivity index (χ3v) is 7.24. The van der Waals surface area contributed by atoms with E-state index < -0.39 is 36.2 Å². The Morgan fingerprint density at radius 1 is 1.09 bits per heavy atom. The lowest BCUT2D eigenvalue weighted by Gasteiger charge is -2.38. The fourth-order valence-corrected chi connectivity index (χ4v) is 5.20. The van der Waals surface area contributed by atoms with Crippen LogP contribution in [0.25, 0.3) is 11.1 Å². The Hall–Kier alpha value is -2.05. The Morgan fingerprint density at radius 2 is 1.72 bits per heavy atom. The lowest BCUT2D eigenvalue weighted by molar-refractivity contribution is -0.157. The molecular formula is C25H26ClF3O3. The van der Waals surface area contributed by atoms with E-state index in [1.165, 1.54) is 0 Å². The van der Waals surface area contributed by atoms with Crippen LogP contribution in [0.3, 0.4) is 0 Å². The minimum absolute atomic E-state index is 0.0674. The summed E-state index contributed by atoms with van der Waals surface area (Å²) >= 11 is 5.98. The number of aryl methyl sites for hydroxylation is 1. The predicted molar refractivity (Wildman–Crippen MR) is 116 cm³/mol. The molecule has 1 aliphatic heterocycles. The van der Waals surface area contributed by atoms with Crippen molar-refractivity contribution < 1.29 is 27.8 Å². The first-order valence-corrected chi connectivity index (χ1v) is 11.3. The lowest BCUT2D eigenvalue weighted by atomic mass is 9.72. The number of hydrogen-bond donors (Lipinski definition) is 1. The Bertz CT molecular complexity index is 979. The van der Waals surface area contributed by atoms with Gasteiger partial charge in [-0.25, -0.2) is 0 Å². The van der Waals surface area contributed by atoms with E-state index in [0.29, 0.717) is 36.3 Å².